The number of methoxy groups -OCH3 is 1. The van der Waals surface area contributed by atoms with Crippen molar-refractivity contribution in [2.75, 3.05) is 19.0 Å². The molecule has 5 heteroatoms. The Balaban J connectivity index is 1.56. The summed E-state index contributed by atoms with van der Waals surface area (Å²) in [5.41, 5.74) is 3.79. The topological polar surface area (TPSA) is 67.4 Å². The predicted octanol–water partition coefficient (Wildman–Crippen LogP) is 2.55. The van der Waals surface area contributed by atoms with Gasteiger partial charge in [0.2, 0.25) is 5.91 Å². The maximum Gasteiger partial charge on any atom is 0.251 e. The van der Waals surface area contributed by atoms with Gasteiger partial charge in [-0.15, -0.1) is 0 Å². The lowest BCUT2D eigenvalue weighted by Gasteiger charge is -2.17. The maximum absolute atomic E-state index is 12.2. The van der Waals surface area contributed by atoms with Crippen LogP contribution < -0.4 is 15.4 Å². The smallest absolute Gasteiger partial charge is 0.251 e. The van der Waals surface area contributed by atoms with Crippen LogP contribution in [0.4, 0.5) is 5.69 Å². The molecule has 5 nitrogen and oxygen atoms in total. The summed E-state index contributed by atoms with van der Waals surface area (Å²) in [6.45, 7) is 0.557. The zero-order chi connectivity index (χ0) is 16.9. The number of carbonyl (C=O) groups excluding carboxylic acids is 2. The number of aryl methyl sites for hydroxylation is 1. The SMILES string of the molecule is COc1cccc(C(=O)NCCc2ccc3c(c2)CCC(=O)N3)c1. The number of fused-ring (bicyclic) bond motifs is 1. The van der Waals surface area contributed by atoms with Gasteiger partial charge in [0, 0.05) is 24.2 Å². The first-order valence-electron chi connectivity index (χ1n) is 7.99. The van der Waals surface area contributed by atoms with Crippen molar-refractivity contribution in [1.29, 1.82) is 0 Å². The quantitative estimate of drug-likeness (QED) is 0.888. The number of carbonyl (C=O) groups is 2. The van der Waals surface area contributed by atoms with Gasteiger partial charge in [0.1, 0.15) is 5.75 Å². The third kappa shape index (κ3) is 3.74. The number of nitrogens with one attached hydrogen (secondary N) is 2. The van der Waals surface area contributed by atoms with Crippen molar-refractivity contribution in [3.8, 4) is 5.75 Å². The Morgan fingerprint density at radius 2 is 2.08 bits per heavy atom. The molecule has 0 saturated heterocycles. The van der Waals surface area contributed by atoms with Gasteiger partial charge < -0.3 is 15.4 Å². The molecule has 3 rings (SSSR count). The van der Waals surface area contributed by atoms with Crippen molar-refractivity contribution in [2.45, 2.75) is 19.3 Å². The van der Waals surface area contributed by atoms with Gasteiger partial charge in [0.15, 0.2) is 0 Å². The highest BCUT2D eigenvalue weighted by molar-refractivity contribution is 5.94. The highest BCUT2D eigenvalue weighted by Gasteiger charge is 2.14. The number of ether oxygens (including phenoxy) is 1. The summed E-state index contributed by atoms with van der Waals surface area (Å²) in [5.74, 6) is 0.624. The van der Waals surface area contributed by atoms with E-state index in [1.54, 1.807) is 25.3 Å². The van der Waals surface area contributed by atoms with Crippen molar-refractivity contribution >= 4 is 17.5 Å². The van der Waals surface area contributed by atoms with E-state index in [9.17, 15) is 9.59 Å². The summed E-state index contributed by atoms with van der Waals surface area (Å²) in [5, 5.41) is 5.79. The molecule has 2 amide bonds. The van der Waals surface area contributed by atoms with E-state index in [2.05, 4.69) is 16.7 Å². The third-order valence-corrected chi connectivity index (χ3v) is 4.10. The Bertz CT molecular complexity index is 771. The minimum absolute atomic E-state index is 0.0702. The molecule has 0 saturated carbocycles. The largest absolute Gasteiger partial charge is 0.497 e. The molecule has 1 aliphatic rings. The van der Waals surface area contributed by atoms with Gasteiger partial charge >= 0.3 is 0 Å². The lowest BCUT2D eigenvalue weighted by molar-refractivity contribution is -0.116. The molecular formula is C19H20N2O3. The van der Waals surface area contributed by atoms with Crippen molar-refractivity contribution in [3.63, 3.8) is 0 Å². The van der Waals surface area contributed by atoms with E-state index in [1.165, 1.54) is 0 Å². The number of anilines is 1. The van der Waals surface area contributed by atoms with E-state index in [0.717, 1.165) is 29.7 Å². The third-order valence-electron chi connectivity index (χ3n) is 4.10. The van der Waals surface area contributed by atoms with Crippen molar-refractivity contribution in [1.82, 2.24) is 5.32 Å². The summed E-state index contributed by atoms with van der Waals surface area (Å²) in [6.07, 6.45) is 2.05. The van der Waals surface area contributed by atoms with Gasteiger partial charge in [-0.1, -0.05) is 18.2 Å². The molecule has 2 N–H and O–H groups in total. The zero-order valence-corrected chi connectivity index (χ0v) is 13.6. The fraction of sp³-hybridized carbons (Fsp3) is 0.263. The van der Waals surface area contributed by atoms with Crippen LogP contribution in [0.2, 0.25) is 0 Å². The molecule has 1 aliphatic heterocycles. The highest BCUT2D eigenvalue weighted by atomic mass is 16.5. The van der Waals surface area contributed by atoms with Crippen molar-refractivity contribution < 1.29 is 14.3 Å². The normalized spacial score (nSPS) is 13.0. The number of hydrogen-bond acceptors (Lipinski definition) is 3. The molecule has 0 radical (unpaired) electrons. The average Bonchev–Trinajstić information content (AvgIpc) is 2.61. The molecule has 124 valence electrons. The van der Waals surface area contributed by atoms with Gasteiger partial charge in [-0.2, -0.15) is 0 Å². The van der Waals surface area contributed by atoms with Crippen LogP contribution in [0.25, 0.3) is 0 Å². The monoisotopic (exact) mass is 324 g/mol. The van der Waals surface area contributed by atoms with E-state index in [4.69, 9.17) is 4.74 Å². The molecule has 1 heterocycles. The van der Waals surface area contributed by atoms with E-state index >= 15 is 0 Å². The van der Waals surface area contributed by atoms with Crippen LogP contribution in [-0.2, 0) is 17.6 Å². The van der Waals surface area contributed by atoms with E-state index in [-0.39, 0.29) is 11.8 Å². The van der Waals surface area contributed by atoms with E-state index in [1.807, 2.05) is 18.2 Å². The first-order valence-corrected chi connectivity index (χ1v) is 7.99. The molecule has 0 atom stereocenters. The second-order valence-corrected chi connectivity index (χ2v) is 5.78. The molecule has 0 aliphatic carbocycles. The molecule has 0 unspecified atom stereocenters. The summed E-state index contributed by atoms with van der Waals surface area (Å²) in [4.78, 5) is 23.5. The van der Waals surface area contributed by atoms with Gasteiger partial charge in [-0.05, 0) is 48.2 Å². The fourth-order valence-corrected chi connectivity index (χ4v) is 2.78. The molecular weight excluding hydrogens is 304 g/mol. The number of hydrogen-bond donors (Lipinski definition) is 2. The molecule has 0 bridgehead atoms. The second kappa shape index (κ2) is 7.17. The maximum atomic E-state index is 12.2. The van der Waals surface area contributed by atoms with E-state index < -0.39 is 0 Å². The van der Waals surface area contributed by atoms with E-state index in [0.29, 0.717) is 24.3 Å². The number of rotatable bonds is 5. The van der Waals surface area contributed by atoms with Gasteiger partial charge in [-0.3, -0.25) is 9.59 Å². The summed E-state index contributed by atoms with van der Waals surface area (Å²) in [6, 6.07) is 13.1. The summed E-state index contributed by atoms with van der Waals surface area (Å²) < 4.78 is 5.13. The number of amides is 2. The fourth-order valence-electron chi connectivity index (χ4n) is 2.78. The molecule has 0 spiro atoms. The number of benzene rings is 2. The van der Waals surface area contributed by atoms with Crippen LogP contribution in [0.3, 0.4) is 0 Å². The molecule has 2 aromatic carbocycles. The van der Waals surface area contributed by atoms with Crippen LogP contribution in [0, 0.1) is 0 Å². The predicted molar refractivity (Wildman–Crippen MR) is 92.4 cm³/mol. The molecule has 2 aromatic rings. The molecule has 0 aromatic heterocycles. The van der Waals surface area contributed by atoms with Crippen LogP contribution in [-0.4, -0.2) is 25.5 Å². The average molecular weight is 324 g/mol. The van der Waals surface area contributed by atoms with Crippen LogP contribution in [0.1, 0.15) is 27.9 Å². The first kappa shape index (κ1) is 16.1. The van der Waals surface area contributed by atoms with Crippen LogP contribution in [0.15, 0.2) is 42.5 Å². The van der Waals surface area contributed by atoms with Crippen molar-refractivity contribution in [2.24, 2.45) is 0 Å². The van der Waals surface area contributed by atoms with Gasteiger partial charge in [0.25, 0.3) is 5.91 Å². The molecule has 0 fully saturated rings. The lowest BCUT2D eigenvalue weighted by Crippen LogP contribution is -2.25. The minimum atomic E-state index is -0.112. The second-order valence-electron chi connectivity index (χ2n) is 5.78. The van der Waals surface area contributed by atoms with Crippen molar-refractivity contribution in [3.05, 3.63) is 59.2 Å². The van der Waals surface area contributed by atoms with Gasteiger partial charge in [0.05, 0.1) is 7.11 Å². The Morgan fingerprint density at radius 3 is 2.92 bits per heavy atom. The summed E-state index contributed by atoms with van der Waals surface area (Å²) in [7, 11) is 1.58. The minimum Gasteiger partial charge on any atom is -0.497 e. The summed E-state index contributed by atoms with van der Waals surface area (Å²) >= 11 is 0. The van der Waals surface area contributed by atoms with Crippen LogP contribution in [0.5, 0.6) is 5.75 Å². The highest BCUT2D eigenvalue weighted by Crippen LogP contribution is 2.23. The first-order chi connectivity index (χ1) is 11.7. The van der Waals surface area contributed by atoms with Crippen LogP contribution >= 0.6 is 0 Å². The van der Waals surface area contributed by atoms with Gasteiger partial charge in [-0.25, -0.2) is 0 Å². The standard InChI is InChI=1S/C19H20N2O3/c1-24-16-4-2-3-15(12-16)19(23)20-10-9-13-5-7-17-14(11-13)6-8-18(22)21-17/h2-5,7,11-12H,6,8-10H2,1H3,(H,20,23)(H,21,22). The Kier molecular flexibility index (Phi) is 4.79. The zero-order valence-electron chi connectivity index (χ0n) is 13.6. The Morgan fingerprint density at radius 1 is 1.21 bits per heavy atom. The molecule has 24 heavy (non-hydrogen) atoms. The Hall–Kier alpha value is -2.82. The Labute approximate surface area is 141 Å². The lowest BCUT2D eigenvalue weighted by atomic mass is 9.99.